The number of carbonyl (C=O) groups is 1. The standard InChI is InChI=1S/C25H37N5O6/c1-24(2,3)34-18(31)7-6-15-13-32-11-10-29(15)12-17-19-20(36-25(4,5)35-19)23(33-17)30-9-8-16-21(26)27-14-28-22(16)30/h8-9,14-15,17,19-20,23H,6-7,10-13H2,1-5H3,(H2,26,27,28)/t15-,17-,19-,20-,23-/m1/s1. The molecule has 0 aliphatic carbocycles. The van der Waals surface area contributed by atoms with Crippen molar-refractivity contribution in [2.24, 2.45) is 0 Å². The van der Waals surface area contributed by atoms with Crippen molar-refractivity contribution in [2.75, 3.05) is 32.0 Å². The van der Waals surface area contributed by atoms with Crippen LogP contribution in [0, 0.1) is 0 Å². The van der Waals surface area contributed by atoms with E-state index in [0.717, 1.165) is 11.9 Å². The fraction of sp³-hybridized carbons (Fsp3) is 0.720. The second kappa shape index (κ2) is 9.53. The molecule has 2 aromatic heterocycles. The van der Waals surface area contributed by atoms with Crippen LogP contribution in [-0.2, 0) is 28.5 Å². The third kappa shape index (κ3) is 5.21. The Bertz CT molecular complexity index is 1100. The number of ether oxygens (including phenoxy) is 5. The van der Waals surface area contributed by atoms with Crippen LogP contribution in [0.4, 0.5) is 5.82 Å². The number of nitrogen functional groups attached to an aromatic ring is 1. The molecule has 2 N–H and O–H groups in total. The Balaban J connectivity index is 1.32. The molecule has 0 unspecified atom stereocenters. The summed E-state index contributed by atoms with van der Waals surface area (Å²) in [6, 6.07) is 1.98. The van der Waals surface area contributed by atoms with E-state index in [9.17, 15) is 4.79 Å². The number of morpholine rings is 1. The van der Waals surface area contributed by atoms with Crippen molar-refractivity contribution in [3.8, 4) is 0 Å². The average molecular weight is 504 g/mol. The minimum atomic E-state index is -0.728. The van der Waals surface area contributed by atoms with Gasteiger partial charge in [0.25, 0.3) is 0 Å². The lowest BCUT2D eigenvalue weighted by Gasteiger charge is -2.37. The zero-order valence-electron chi connectivity index (χ0n) is 21.7. The maximum Gasteiger partial charge on any atom is 0.306 e. The minimum absolute atomic E-state index is 0.0858. The van der Waals surface area contributed by atoms with Gasteiger partial charge < -0.3 is 34.0 Å². The van der Waals surface area contributed by atoms with Crippen molar-refractivity contribution in [3.63, 3.8) is 0 Å². The van der Waals surface area contributed by atoms with Gasteiger partial charge in [0.2, 0.25) is 0 Å². The topological polar surface area (TPSA) is 123 Å². The van der Waals surface area contributed by atoms with Crippen molar-refractivity contribution < 1.29 is 28.5 Å². The Morgan fingerprint density at radius 2 is 2.03 bits per heavy atom. The van der Waals surface area contributed by atoms with Gasteiger partial charge >= 0.3 is 5.97 Å². The lowest BCUT2D eigenvalue weighted by molar-refractivity contribution is -0.199. The molecule has 11 heteroatoms. The molecule has 3 fully saturated rings. The number of anilines is 1. The maximum atomic E-state index is 12.3. The van der Waals surface area contributed by atoms with Gasteiger partial charge in [-0.1, -0.05) is 0 Å². The van der Waals surface area contributed by atoms with E-state index in [0.29, 0.717) is 44.1 Å². The van der Waals surface area contributed by atoms with Gasteiger partial charge in [-0.05, 0) is 47.1 Å². The number of fused-ring (bicyclic) bond motifs is 2. The smallest absolute Gasteiger partial charge is 0.306 e. The Hall–Kier alpha value is -2.31. The van der Waals surface area contributed by atoms with Gasteiger partial charge in [0.05, 0.1) is 18.6 Å². The number of aromatic nitrogens is 3. The van der Waals surface area contributed by atoms with E-state index in [-0.39, 0.29) is 30.3 Å². The predicted molar refractivity (Wildman–Crippen MR) is 131 cm³/mol. The number of carbonyl (C=O) groups excluding carboxylic acids is 1. The molecule has 5 heterocycles. The molecule has 3 aliphatic rings. The van der Waals surface area contributed by atoms with Crippen LogP contribution >= 0.6 is 0 Å². The van der Waals surface area contributed by atoms with Gasteiger partial charge in [0.15, 0.2) is 12.0 Å². The van der Waals surface area contributed by atoms with Crippen molar-refractivity contribution in [1.29, 1.82) is 0 Å². The average Bonchev–Trinajstić information content (AvgIpc) is 3.44. The quantitative estimate of drug-likeness (QED) is 0.587. The van der Waals surface area contributed by atoms with E-state index in [1.807, 2.05) is 51.4 Å². The number of hydrogen-bond acceptors (Lipinski definition) is 10. The molecular weight excluding hydrogens is 466 g/mol. The summed E-state index contributed by atoms with van der Waals surface area (Å²) in [5.74, 6) is -0.497. The van der Waals surface area contributed by atoms with Gasteiger partial charge in [-0.3, -0.25) is 9.69 Å². The summed E-state index contributed by atoms with van der Waals surface area (Å²) in [7, 11) is 0. The zero-order chi connectivity index (χ0) is 25.7. The van der Waals surface area contributed by atoms with E-state index in [2.05, 4.69) is 14.9 Å². The number of esters is 1. The first kappa shape index (κ1) is 25.3. The molecule has 0 saturated carbocycles. The minimum Gasteiger partial charge on any atom is -0.460 e. The molecule has 3 aliphatic heterocycles. The molecule has 11 nitrogen and oxygen atoms in total. The molecule has 3 saturated heterocycles. The highest BCUT2D eigenvalue weighted by molar-refractivity contribution is 5.86. The van der Waals surface area contributed by atoms with E-state index in [4.69, 9.17) is 29.4 Å². The van der Waals surface area contributed by atoms with Crippen molar-refractivity contribution in [1.82, 2.24) is 19.4 Å². The molecule has 0 aromatic carbocycles. The van der Waals surface area contributed by atoms with Crippen LogP contribution in [0.3, 0.4) is 0 Å². The first-order chi connectivity index (χ1) is 17.0. The highest BCUT2D eigenvalue weighted by atomic mass is 16.8. The Labute approximate surface area is 211 Å². The lowest BCUT2D eigenvalue weighted by atomic mass is 10.1. The highest BCUT2D eigenvalue weighted by Crippen LogP contribution is 2.44. The SMILES string of the molecule is CC(C)(C)OC(=O)CC[C@@H]1COCCN1C[C@H]1O[C@@H](n2ccc3c(N)ncnc32)[C@@H]2OC(C)(C)O[C@@H]21. The maximum absolute atomic E-state index is 12.3. The van der Waals surface area contributed by atoms with E-state index in [1.54, 1.807) is 0 Å². The van der Waals surface area contributed by atoms with Crippen LogP contribution in [0.5, 0.6) is 0 Å². The number of nitrogens with two attached hydrogens (primary N) is 1. The first-order valence-corrected chi connectivity index (χ1v) is 12.6. The van der Waals surface area contributed by atoms with E-state index >= 15 is 0 Å². The van der Waals surface area contributed by atoms with Gasteiger partial charge in [-0.15, -0.1) is 0 Å². The second-order valence-corrected chi connectivity index (χ2v) is 11.2. The molecule has 0 amide bonds. The van der Waals surface area contributed by atoms with Crippen LogP contribution in [0.25, 0.3) is 11.0 Å². The number of hydrogen-bond donors (Lipinski definition) is 1. The third-order valence-corrected chi connectivity index (χ3v) is 6.81. The Morgan fingerprint density at radius 1 is 1.25 bits per heavy atom. The summed E-state index contributed by atoms with van der Waals surface area (Å²) in [5.41, 5.74) is 6.26. The third-order valence-electron chi connectivity index (χ3n) is 6.81. The van der Waals surface area contributed by atoms with Crippen LogP contribution in [0.1, 0.15) is 53.7 Å². The predicted octanol–water partition coefficient (Wildman–Crippen LogP) is 2.25. The van der Waals surface area contributed by atoms with Gasteiger partial charge in [-0.25, -0.2) is 9.97 Å². The van der Waals surface area contributed by atoms with Gasteiger partial charge in [0.1, 0.15) is 41.7 Å². The summed E-state index contributed by atoms with van der Waals surface area (Å²) in [6.45, 7) is 12.1. The fourth-order valence-electron chi connectivity index (χ4n) is 5.33. The van der Waals surface area contributed by atoms with Crippen LogP contribution in [0.2, 0.25) is 0 Å². The molecule has 2 aromatic rings. The Kier molecular flexibility index (Phi) is 6.71. The largest absolute Gasteiger partial charge is 0.460 e. The number of rotatable bonds is 6. The van der Waals surface area contributed by atoms with Crippen molar-refractivity contribution in [3.05, 3.63) is 18.6 Å². The normalized spacial score (nSPS) is 30.5. The van der Waals surface area contributed by atoms with Crippen LogP contribution in [0.15, 0.2) is 18.6 Å². The van der Waals surface area contributed by atoms with Crippen LogP contribution in [-0.4, -0.2) is 87.4 Å². The molecular formula is C25H37N5O6. The summed E-state index contributed by atoms with van der Waals surface area (Å²) < 4.78 is 32.4. The summed E-state index contributed by atoms with van der Waals surface area (Å²) in [4.78, 5) is 23.2. The Morgan fingerprint density at radius 3 is 2.81 bits per heavy atom. The summed E-state index contributed by atoms with van der Waals surface area (Å²) in [5, 5.41) is 0.773. The molecule has 198 valence electrons. The van der Waals surface area contributed by atoms with Gasteiger partial charge in [0, 0.05) is 31.7 Å². The molecule has 36 heavy (non-hydrogen) atoms. The first-order valence-electron chi connectivity index (χ1n) is 12.6. The molecule has 0 spiro atoms. The van der Waals surface area contributed by atoms with Crippen LogP contribution < -0.4 is 5.73 Å². The van der Waals surface area contributed by atoms with E-state index in [1.165, 1.54) is 6.33 Å². The molecule has 5 atom stereocenters. The molecule has 5 rings (SSSR count). The number of nitrogens with zero attached hydrogens (tertiary/aromatic N) is 4. The van der Waals surface area contributed by atoms with Crippen molar-refractivity contribution >= 4 is 22.8 Å². The summed E-state index contributed by atoms with van der Waals surface area (Å²) >= 11 is 0. The van der Waals surface area contributed by atoms with E-state index < -0.39 is 17.6 Å². The zero-order valence-corrected chi connectivity index (χ0v) is 21.7. The second-order valence-electron chi connectivity index (χ2n) is 11.2. The highest BCUT2D eigenvalue weighted by Gasteiger charge is 2.56. The monoisotopic (exact) mass is 503 g/mol. The van der Waals surface area contributed by atoms with Crippen molar-refractivity contribution in [2.45, 2.75) is 89.4 Å². The molecule has 0 radical (unpaired) electrons. The van der Waals surface area contributed by atoms with Gasteiger partial charge in [-0.2, -0.15) is 0 Å². The fourth-order valence-corrected chi connectivity index (χ4v) is 5.33. The summed E-state index contributed by atoms with van der Waals surface area (Å²) in [6.07, 6.45) is 3.14. The molecule has 0 bridgehead atoms. The lowest BCUT2D eigenvalue weighted by Crippen LogP contribution is -2.50.